The van der Waals surface area contributed by atoms with Crippen LogP contribution in [-0.4, -0.2) is 12.1 Å². The number of hydrogen-bond donors (Lipinski definition) is 1. The van der Waals surface area contributed by atoms with Crippen LogP contribution in [0.2, 0.25) is 0 Å². The van der Waals surface area contributed by atoms with Gasteiger partial charge in [0.15, 0.2) is 0 Å². The fraction of sp³-hybridized carbons (Fsp3) is 0.562. The quantitative estimate of drug-likeness (QED) is 0.666. The predicted octanol–water partition coefficient (Wildman–Crippen LogP) is 3.70. The van der Waals surface area contributed by atoms with E-state index < -0.39 is 0 Å². The molecule has 3 nitrogen and oxygen atoms in total. The van der Waals surface area contributed by atoms with Gasteiger partial charge in [0.25, 0.3) is 0 Å². The topological polar surface area (TPSA) is 52.3 Å². The number of nitrogens with two attached hydrogens (primary N) is 1. The van der Waals surface area contributed by atoms with E-state index in [0.717, 1.165) is 37.2 Å². The van der Waals surface area contributed by atoms with Gasteiger partial charge in [0.05, 0.1) is 5.56 Å². The van der Waals surface area contributed by atoms with Crippen LogP contribution in [0.5, 0.6) is 0 Å². The number of rotatable bonds is 3. The summed E-state index contributed by atoms with van der Waals surface area (Å²) in [6, 6.07) is 5.48. The lowest BCUT2D eigenvalue weighted by atomic mass is 9.86. The smallest absolute Gasteiger partial charge is 0.340 e. The lowest BCUT2D eigenvalue weighted by Crippen LogP contribution is -2.24. The Hall–Kier alpha value is -1.51. The third-order valence-corrected chi connectivity index (χ3v) is 4.19. The number of para-hydroxylation sites is 1. The molecule has 1 saturated carbocycles. The molecule has 0 heterocycles. The third kappa shape index (κ3) is 3.28. The molecule has 19 heavy (non-hydrogen) atoms. The highest BCUT2D eigenvalue weighted by molar-refractivity contribution is 5.95. The zero-order chi connectivity index (χ0) is 13.8. The summed E-state index contributed by atoms with van der Waals surface area (Å²) in [7, 11) is 0. The number of ether oxygens (including phenoxy) is 1. The average molecular weight is 261 g/mol. The van der Waals surface area contributed by atoms with Gasteiger partial charge in [-0.15, -0.1) is 0 Å². The number of esters is 1. The molecular weight excluding hydrogens is 238 g/mol. The fourth-order valence-electron chi connectivity index (χ4n) is 2.73. The second-order valence-corrected chi connectivity index (χ2v) is 5.49. The molecule has 3 heteroatoms. The molecule has 0 atom stereocenters. The van der Waals surface area contributed by atoms with Crippen LogP contribution in [0.15, 0.2) is 18.2 Å². The molecule has 0 radical (unpaired) electrons. The van der Waals surface area contributed by atoms with Crippen molar-refractivity contribution in [3.05, 3.63) is 29.3 Å². The van der Waals surface area contributed by atoms with Gasteiger partial charge in [-0.25, -0.2) is 4.79 Å². The molecule has 0 spiro atoms. The lowest BCUT2D eigenvalue weighted by molar-refractivity contribution is 0.0165. The first kappa shape index (κ1) is 13.9. The van der Waals surface area contributed by atoms with Crippen LogP contribution < -0.4 is 5.73 Å². The summed E-state index contributed by atoms with van der Waals surface area (Å²) < 4.78 is 5.59. The number of carbonyl (C=O) groups excluding carboxylic acids is 1. The molecule has 0 saturated heterocycles. The van der Waals surface area contributed by atoms with E-state index in [9.17, 15) is 4.79 Å². The van der Waals surface area contributed by atoms with E-state index in [2.05, 4.69) is 6.92 Å². The van der Waals surface area contributed by atoms with E-state index in [4.69, 9.17) is 10.5 Å². The fourth-order valence-corrected chi connectivity index (χ4v) is 2.73. The van der Waals surface area contributed by atoms with Crippen molar-refractivity contribution in [2.75, 3.05) is 5.73 Å². The van der Waals surface area contributed by atoms with Crippen LogP contribution in [0.25, 0.3) is 0 Å². The van der Waals surface area contributed by atoms with Crippen LogP contribution in [-0.2, 0) is 4.74 Å². The SMILES string of the molecule is CCC1CCC(OC(=O)c2cccc(C)c2N)CC1. The summed E-state index contributed by atoms with van der Waals surface area (Å²) in [5, 5.41) is 0. The van der Waals surface area contributed by atoms with Gasteiger partial charge in [-0.2, -0.15) is 0 Å². The van der Waals surface area contributed by atoms with E-state index in [1.807, 2.05) is 19.1 Å². The van der Waals surface area contributed by atoms with Crippen molar-refractivity contribution in [1.82, 2.24) is 0 Å². The maximum Gasteiger partial charge on any atom is 0.340 e. The molecule has 1 fully saturated rings. The van der Waals surface area contributed by atoms with Gasteiger partial charge in [-0.3, -0.25) is 0 Å². The van der Waals surface area contributed by atoms with Crippen LogP contribution in [0.4, 0.5) is 5.69 Å². The van der Waals surface area contributed by atoms with Crippen LogP contribution >= 0.6 is 0 Å². The first-order valence-corrected chi connectivity index (χ1v) is 7.17. The van der Waals surface area contributed by atoms with E-state index in [1.165, 1.54) is 6.42 Å². The lowest BCUT2D eigenvalue weighted by Gasteiger charge is -2.27. The van der Waals surface area contributed by atoms with E-state index in [-0.39, 0.29) is 12.1 Å². The number of carbonyl (C=O) groups is 1. The average Bonchev–Trinajstić information content (AvgIpc) is 2.42. The maximum atomic E-state index is 12.1. The summed E-state index contributed by atoms with van der Waals surface area (Å²) in [6.45, 7) is 4.13. The zero-order valence-corrected chi connectivity index (χ0v) is 11.8. The molecular formula is C16H23NO2. The Bertz CT molecular complexity index is 448. The molecule has 2 rings (SSSR count). The molecule has 2 N–H and O–H groups in total. The van der Waals surface area contributed by atoms with Crippen molar-refractivity contribution in [3.8, 4) is 0 Å². The molecule has 104 valence electrons. The first-order chi connectivity index (χ1) is 9.11. The van der Waals surface area contributed by atoms with Gasteiger partial charge in [-0.1, -0.05) is 25.5 Å². The summed E-state index contributed by atoms with van der Waals surface area (Å²) in [6.07, 6.45) is 5.59. The van der Waals surface area contributed by atoms with Gasteiger partial charge in [-0.05, 0) is 50.2 Å². The van der Waals surface area contributed by atoms with Gasteiger partial charge in [0.1, 0.15) is 6.10 Å². The van der Waals surface area contributed by atoms with E-state index in [0.29, 0.717) is 11.3 Å². The third-order valence-electron chi connectivity index (χ3n) is 4.19. The molecule has 1 aromatic rings. The molecule has 1 aromatic carbocycles. The largest absolute Gasteiger partial charge is 0.459 e. The molecule has 1 aliphatic carbocycles. The Balaban J connectivity index is 1.96. The van der Waals surface area contributed by atoms with Crippen molar-refractivity contribution < 1.29 is 9.53 Å². The van der Waals surface area contributed by atoms with Crippen molar-refractivity contribution in [2.45, 2.75) is 52.1 Å². The van der Waals surface area contributed by atoms with Crippen molar-refractivity contribution in [1.29, 1.82) is 0 Å². The highest BCUT2D eigenvalue weighted by Gasteiger charge is 2.24. The Morgan fingerprint density at radius 3 is 2.63 bits per heavy atom. The summed E-state index contributed by atoms with van der Waals surface area (Å²) in [5.41, 5.74) is 7.89. The number of benzene rings is 1. The zero-order valence-electron chi connectivity index (χ0n) is 11.8. The first-order valence-electron chi connectivity index (χ1n) is 7.17. The van der Waals surface area contributed by atoms with Crippen LogP contribution in [0, 0.1) is 12.8 Å². The van der Waals surface area contributed by atoms with E-state index in [1.54, 1.807) is 6.07 Å². The normalized spacial score (nSPS) is 23.1. The molecule has 0 amide bonds. The summed E-state index contributed by atoms with van der Waals surface area (Å²) in [4.78, 5) is 12.1. The number of anilines is 1. The number of hydrogen-bond acceptors (Lipinski definition) is 3. The Morgan fingerprint density at radius 2 is 2.00 bits per heavy atom. The second kappa shape index (κ2) is 6.09. The number of nitrogen functional groups attached to an aromatic ring is 1. The Morgan fingerprint density at radius 1 is 1.32 bits per heavy atom. The molecule has 0 aromatic heterocycles. The van der Waals surface area contributed by atoms with E-state index >= 15 is 0 Å². The number of aryl methyl sites for hydroxylation is 1. The highest BCUT2D eigenvalue weighted by Crippen LogP contribution is 2.29. The molecule has 0 aliphatic heterocycles. The standard InChI is InChI=1S/C16H23NO2/c1-3-12-7-9-13(10-8-12)19-16(18)14-6-4-5-11(2)15(14)17/h4-6,12-13H,3,7-10,17H2,1-2H3. The Labute approximate surface area is 115 Å². The highest BCUT2D eigenvalue weighted by atomic mass is 16.5. The van der Waals surface area contributed by atoms with Gasteiger partial charge in [0.2, 0.25) is 0 Å². The van der Waals surface area contributed by atoms with Gasteiger partial charge < -0.3 is 10.5 Å². The summed E-state index contributed by atoms with van der Waals surface area (Å²) in [5.74, 6) is 0.528. The molecule has 0 bridgehead atoms. The van der Waals surface area contributed by atoms with Crippen molar-refractivity contribution in [2.24, 2.45) is 5.92 Å². The Kier molecular flexibility index (Phi) is 4.46. The van der Waals surface area contributed by atoms with Gasteiger partial charge in [0, 0.05) is 5.69 Å². The maximum absolute atomic E-state index is 12.1. The molecule has 1 aliphatic rings. The monoisotopic (exact) mass is 261 g/mol. The minimum Gasteiger partial charge on any atom is -0.459 e. The van der Waals surface area contributed by atoms with Crippen LogP contribution in [0.3, 0.4) is 0 Å². The van der Waals surface area contributed by atoms with Crippen LogP contribution in [0.1, 0.15) is 54.9 Å². The summed E-state index contributed by atoms with van der Waals surface area (Å²) >= 11 is 0. The minimum absolute atomic E-state index is 0.0650. The van der Waals surface area contributed by atoms with Crippen molar-refractivity contribution >= 4 is 11.7 Å². The minimum atomic E-state index is -0.277. The molecule has 0 unspecified atom stereocenters. The van der Waals surface area contributed by atoms with Crippen molar-refractivity contribution in [3.63, 3.8) is 0 Å². The predicted molar refractivity (Wildman–Crippen MR) is 77.0 cm³/mol. The second-order valence-electron chi connectivity index (χ2n) is 5.49. The van der Waals surface area contributed by atoms with Gasteiger partial charge >= 0.3 is 5.97 Å².